The van der Waals surface area contributed by atoms with E-state index in [1.54, 1.807) is 0 Å². The maximum Gasteiger partial charge on any atom is 0.539 e. The summed E-state index contributed by atoms with van der Waals surface area (Å²) in [4.78, 5) is 0. The van der Waals surface area contributed by atoms with Crippen LogP contribution in [0.25, 0.3) is 0 Å². The van der Waals surface area contributed by atoms with Gasteiger partial charge in [-0.25, -0.2) is 0 Å². The minimum absolute atomic E-state index is 0.0236. The fraction of sp³-hybridized carbons (Fsp3) is 0.400. The predicted molar refractivity (Wildman–Crippen MR) is 83.8 cm³/mol. The SMILES string of the molecule is CO[Si](COc1c(Cl)c(Cl)c(Cl)c(Cl)c1Cl)(OC)OC. The van der Waals surface area contributed by atoms with Crippen molar-refractivity contribution >= 4 is 66.8 Å². The smallest absolute Gasteiger partial charge is 0.486 e. The molecule has 0 N–H and O–H groups in total. The minimum Gasteiger partial charge on any atom is -0.486 e. The molecule has 1 aromatic rings. The summed E-state index contributed by atoms with van der Waals surface area (Å²) in [5, 5.41) is 0.272. The van der Waals surface area contributed by atoms with Crippen molar-refractivity contribution in [2.24, 2.45) is 0 Å². The Labute approximate surface area is 143 Å². The number of hydrogen-bond donors (Lipinski definition) is 0. The Hall–Kier alpha value is 0.567. The van der Waals surface area contributed by atoms with Gasteiger partial charge >= 0.3 is 8.80 Å². The number of hydrogen-bond acceptors (Lipinski definition) is 4. The van der Waals surface area contributed by atoms with E-state index in [0.717, 1.165) is 0 Å². The van der Waals surface area contributed by atoms with Crippen LogP contribution < -0.4 is 4.74 Å². The Morgan fingerprint density at radius 2 is 1.05 bits per heavy atom. The maximum atomic E-state index is 6.04. The van der Waals surface area contributed by atoms with Gasteiger partial charge in [0.2, 0.25) is 0 Å². The molecule has 0 atom stereocenters. The Morgan fingerprint density at radius 3 is 1.40 bits per heavy atom. The summed E-state index contributed by atoms with van der Waals surface area (Å²) in [6.07, 6.45) is -0.0236. The van der Waals surface area contributed by atoms with E-state index in [9.17, 15) is 0 Å². The topological polar surface area (TPSA) is 36.9 Å². The molecule has 0 fully saturated rings. The molecule has 0 saturated heterocycles. The fourth-order valence-electron chi connectivity index (χ4n) is 1.30. The van der Waals surface area contributed by atoms with Gasteiger partial charge < -0.3 is 18.0 Å². The highest BCUT2D eigenvalue weighted by molar-refractivity contribution is 6.60. The molecular weight excluding hydrogens is 389 g/mol. The molecule has 1 rings (SSSR count). The molecule has 0 spiro atoms. The minimum atomic E-state index is -2.95. The van der Waals surface area contributed by atoms with E-state index in [4.69, 9.17) is 76.0 Å². The lowest BCUT2D eigenvalue weighted by molar-refractivity contribution is 0.100. The second-order valence-corrected chi connectivity index (χ2v) is 8.25. The van der Waals surface area contributed by atoms with Gasteiger partial charge in [-0.05, 0) is 0 Å². The monoisotopic (exact) mass is 398 g/mol. The summed E-state index contributed by atoms with van der Waals surface area (Å²) >= 11 is 29.8. The second kappa shape index (κ2) is 7.72. The molecule has 0 aliphatic carbocycles. The Morgan fingerprint density at radius 1 is 0.700 bits per heavy atom. The third-order valence-electron chi connectivity index (χ3n) is 2.50. The molecule has 0 radical (unpaired) electrons. The van der Waals surface area contributed by atoms with E-state index in [1.807, 2.05) is 0 Å². The van der Waals surface area contributed by atoms with Crippen molar-refractivity contribution in [2.45, 2.75) is 0 Å². The largest absolute Gasteiger partial charge is 0.539 e. The van der Waals surface area contributed by atoms with Gasteiger partial charge in [-0.15, -0.1) is 0 Å². The normalized spacial score (nSPS) is 11.8. The molecule has 10 heteroatoms. The zero-order valence-electron chi connectivity index (χ0n) is 10.7. The molecule has 20 heavy (non-hydrogen) atoms. The van der Waals surface area contributed by atoms with Crippen LogP contribution in [0.3, 0.4) is 0 Å². The number of benzene rings is 1. The fourth-order valence-corrected chi connectivity index (χ4v) is 3.70. The third kappa shape index (κ3) is 3.66. The molecule has 0 bridgehead atoms. The third-order valence-corrected chi connectivity index (χ3v) is 7.10. The molecule has 0 unspecified atom stereocenters. The summed E-state index contributed by atoms with van der Waals surface area (Å²) in [7, 11) is 1.40. The first kappa shape index (κ1) is 18.6. The highest BCUT2D eigenvalue weighted by Crippen LogP contribution is 2.48. The molecule has 1 aromatic carbocycles. The molecular formula is C10H11Cl5O4Si. The van der Waals surface area contributed by atoms with Crippen LogP contribution in [0, 0.1) is 0 Å². The lowest BCUT2D eigenvalue weighted by Gasteiger charge is -2.25. The van der Waals surface area contributed by atoms with Gasteiger partial charge in [-0.2, -0.15) is 0 Å². The van der Waals surface area contributed by atoms with Crippen LogP contribution in [0.2, 0.25) is 25.1 Å². The summed E-state index contributed by atoms with van der Waals surface area (Å²) in [6.45, 7) is 0. The lowest BCUT2D eigenvalue weighted by Crippen LogP contribution is -2.49. The number of ether oxygens (including phenoxy) is 1. The highest BCUT2D eigenvalue weighted by atomic mass is 35.5. The van der Waals surface area contributed by atoms with Gasteiger partial charge in [-0.1, -0.05) is 58.0 Å². The Kier molecular flexibility index (Phi) is 7.18. The molecule has 0 aliphatic rings. The maximum absolute atomic E-state index is 6.04. The summed E-state index contributed by atoms with van der Waals surface area (Å²) in [6, 6.07) is 0. The van der Waals surface area contributed by atoms with Gasteiger partial charge in [0.25, 0.3) is 0 Å². The molecule has 0 amide bonds. The van der Waals surface area contributed by atoms with E-state index < -0.39 is 8.80 Å². The van der Waals surface area contributed by atoms with Gasteiger partial charge in [0.05, 0.1) is 15.1 Å². The molecule has 4 nitrogen and oxygen atoms in total. The standard InChI is InChI=1S/C10H11Cl5O4Si/c1-16-20(17-2,18-3)4-19-10-8(14)6(12)5(11)7(13)9(10)15/h4H2,1-3H3. The zero-order valence-corrected chi connectivity index (χ0v) is 15.5. The van der Waals surface area contributed by atoms with Crippen molar-refractivity contribution in [1.29, 1.82) is 0 Å². The molecule has 0 heterocycles. The molecule has 0 aliphatic heterocycles. The summed E-state index contributed by atoms with van der Waals surface area (Å²) in [5.41, 5.74) is 0. The van der Waals surface area contributed by atoms with Gasteiger partial charge in [0.15, 0.2) is 12.0 Å². The second-order valence-electron chi connectivity index (χ2n) is 3.48. The van der Waals surface area contributed by atoms with E-state index in [1.165, 1.54) is 21.3 Å². The molecule has 114 valence electrons. The first-order valence-electron chi connectivity index (χ1n) is 5.13. The zero-order chi connectivity index (χ0) is 15.5. The van der Waals surface area contributed by atoms with Crippen LogP contribution in [0.5, 0.6) is 5.75 Å². The first-order chi connectivity index (χ1) is 9.33. The van der Waals surface area contributed by atoms with Crippen molar-refractivity contribution < 1.29 is 18.0 Å². The van der Waals surface area contributed by atoms with Crippen LogP contribution in [0.15, 0.2) is 0 Å². The molecule has 0 aromatic heterocycles. The van der Waals surface area contributed by atoms with Crippen molar-refractivity contribution in [2.75, 3.05) is 27.6 Å². The van der Waals surface area contributed by atoms with Gasteiger partial charge in [-0.3, -0.25) is 0 Å². The van der Waals surface area contributed by atoms with Crippen molar-refractivity contribution in [1.82, 2.24) is 0 Å². The highest BCUT2D eigenvalue weighted by Gasteiger charge is 2.40. The average molecular weight is 401 g/mol. The van der Waals surface area contributed by atoms with Crippen LogP contribution in [-0.2, 0) is 13.3 Å². The summed E-state index contributed by atoms with van der Waals surface area (Å²) < 4.78 is 21.2. The van der Waals surface area contributed by atoms with Crippen LogP contribution >= 0.6 is 58.0 Å². The lowest BCUT2D eigenvalue weighted by atomic mass is 10.3. The first-order valence-corrected chi connectivity index (χ1v) is 8.95. The van der Waals surface area contributed by atoms with Crippen molar-refractivity contribution in [3.05, 3.63) is 25.1 Å². The van der Waals surface area contributed by atoms with Crippen LogP contribution in [0.4, 0.5) is 0 Å². The summed E-state index contributed by atoms with van der Waals surface area (Å²) in [5.74, 6) is 0.0933. The van der Waals surface area contributed by atoms with Crippen LogP contribution in [-0.4, -0.2) is 36.4 Å². The van der Waals surface area contributed by atoms with Crippen molar-refractivity contribution in [3.63, 3.8) is 0 Å². The Bertz CT molecular complexity index is 458. The van der Waals surface area contributed by atoms with E-state index >= 15 is 0 Å². The quantitative estimate of drug-likeness (QED) is 0.392. The predicted octanol–water partition coefficient (Wildman–Crippen LogP) is 4.75. The van der Waals surface area contributed by atoms with E-state index in [0.29, 0.717) is 0 Å². The number of rotatable bonds is 6. The van der Waals surface area contributed by atoms with E-state index in [-0.39, 0.29) is 37.1 Å². The molecule has 0 saturated carbocycles. The van der Waals surface area contributed by atoms with E-state index in [2.05, 4.69) is 0 Å². The average Bonchev–Trinajstić information content (AvgIpc) is 2.47. The van der Waals surface area contributed by atoms with Gasteiger partial charge in [0, 0.05) is 21.3 Å². The van der Waals surface area contributed by atoms with Crippen LogP contribution in [0.1, 0.15) is 0 Å². The van der Waals surface area contributed by atoms with Gasteiger partial charge in [0.1, 0.15) is 10.0 Å². The Balaban J connectivity index is 3.11. The number of halogens is 5. The van der Waals surface area contributed by atoms with Crippen molar-refractivity contribution in [3.8, 4) is 5.75 Å².